The number of aliphatic hydroxyl groups is 1. The van der Waals surface area contributed by atoms with Crippen LogP contribution in [0.3, 0.4) is 0 Å². The molecule has 2 nitrogen and oxygen atoms in total. The normalized spacial score (nSPS) is 22.5. The van der Waals surface area contributed by atoms with E-state index in [0.29, 0.717) is 5.92 Å². The highest BCUT2D eigenvalue weighted by Gasteiger charge is 2.45. The zero-order valence-electron chi connectivity index (χ0n) is 10.4. The van der Waals surface area contributed by atoms with E-state index >= 15 is 0 Å². The zero-order valence-corrected chi connectivity index (χ0v) is 10.4. The first-order valence-electron chi connectivity index (χ1n) is 6.73. The zero-order chi connectivity index (χ0) is 11.9. The third kappa shape index (κ3) is 1.75. The van der Waals surface area contributed by atoms with E-state index in [2.05, 4.69) is 19.1 Å². The Balaban J connectivity index is 2.07. The summed E-state index contributed by atoms with van der Waals surface area (Å²) in [5.41, 5.74) is 1.63. The second-order valence-corrected chi connectivity index (χ2v) is 5.30. The molecule has 1 atom stereocenters. The topological polar surface area (TPSA) is 29.5 Å². The Bertz CT molecular complexity index is 423. The fourth-order valence-corrected chi connectivity index (χ4v) is 2.99. The predicted octanol–water partition coefficient (Wildman–Crippen LogP) is 3.02. The van der Waals surface area contributed by atoms with Crippen molar-refractivity contribution in [2.24, 2.45) is 5.92 Å². The minimum atomic E-state index is -0.664. The Morgan fingerprint density at radius 1 is 1.41 bits per heavy atom. The maximum atomic E-state index is 10.9. The van der Waals surface area contributed by atoms with Gasteiger partial charge >= 0.3 is 0 Å². The highest BCUT2D eigenvalue weighted by molar-refractivity contribution is 5.46. The summed E-state index contributed by atoms with van der Waals surface area (Å²) in [6, 6.07) is 6.23. The molecule has 2 heteroatoms. The standard InChI is InChI=1S/C15H20O2/c1-2-15(16,12-8-9-12)13-7-3-5-11-6-4-10-17-14(11)13/h3,5,7,12,16H,2,4,6,8-10H2,1H3. The molecule has 3 rings (SSSR count). The van der Waals surface area contributed by atoms with Crippen molar-refractivity contribution >= 4 is 0 Å². The first-order chi connectivity index (χ1) is 8.25. The summed E-state index contributed by atoms with van der Waals surface area (Å²) in [6.07, 6.45) is 5.23. The number of aryl methyl sites for hydroxylation is 1. The van der Waals surface area contributed by atoms with Crippen LogP contribution in [0, 0.1) is 5.92 Å². The van der Waals surface area contributed by atoms with Gasteiger partial charge in [-0.05, 0) is 43.6 Å². The minimum Gasteiger partial charge on any atom is -0.493 e. The number of hydrogen-bond donors (Lipinski definition) is 1. The van der Waals surface area contributed by atoms with Crippen LogP contribution in [-0.4, -0.2) is 11.7 Å². The number of para-hydroxylation sites is 1. The van der Waals surface area contributed by atoms with E-state index in [9.17, 15) is 5.11 Å². The second-order valence-electron chi connectivity index (χ2n) is 5.30. The molecule has 0 saturated heterocycles. The van der Waals surface area contributed by atoms with Crippen molar-refractivity contribution in [3.8, 4) is 5.75 Å². The first-order valence-corrected chi connectivity index (χ1v) is 6.73. The summed E-state index contributed by atoms with van der Waals surface area (Å²) in [6.45, 7) is 2.86. The molecule has 17 heavy (non-hydrogen) atoms. The van der Waals surface area contributed by atoms with Gasteiger partial charge in [-0.15, -0.1) is 0 Å². The van der Waals surface area contributed by atoms with Gasteiger partial charge in [-0.2, -0.15) is 0 Å². The summed E-state index contributed by atoms with van der Waals surface area (Å²) >= 11 is 0. The highest BCUT2D eigenvalue weighted by atomic mass is 16.5. The Kier molecular flexibility index (Phi) is 2.62. The number of fused-ring (bicyclic) bond motifs is 1. The van der Waals surface area contributed by atoms with Gasteiger partial charge in [-0.25, -0.2) is 0 Å². The molecule has 1 aliphatic heterocycles. The Hall–Kier alpha value is -1.02. The van der Waals surface area contributed by atoms with E-state index in [-0.39, 0.29) is 0 Å². The summed E-state index contributed by atoms with van der Waals surface area (Å²) in [5, 5.41) is 10.9. The van der Waals surface area contributed by atoms with Crippen LogP contribution < -0.4 is 4.74 Å². The Morgan fingerprint density at radius 3 is 2.94 bits per heavy atom. The van der Waals surface area contributed by atoms with Crippen LogP contribution in [0.25, 0.3) is 0 Å². The maximum absolute atomic E-state index is 10.9. The van der Waals surface area contributed by atoms with Crippen molar-refractivity contribution < 1.29 is 9.84 Å². The SMILES string of the molecule is CCC(O)(c1cccc2c1OCCC2)C1CC1. The lowest BCUT2D eigenvalue weighted by Gasteiger charge is -2.31. The van der Waals surface area contributed by atoms with E-state index in [4.69, 9.17) is 4.74 Å². The lowest BCUT2D eigenvalue weighted by Crippen LogP contribution is -2.29. The molecule has 1 aromatic rings. The predicted molar refractivity (Wildman–Crippen MR) is 67.2 cm³/mol. The fraction of sp³-hybridized carbons (Fsp3) is 0.600. The highest BCUT2D eigenvalue weighted by Crippen LogP contribution is 2.50. The molecule has 1 saturated carbocycles. The van der Waals surface area contributed by atoms with Crippen molar-refractivity contribution in [1.82, 2.24) is 0 Å². The lowest BCUT2D eigenvalue weighted by atomic mass is 9.84. The number of ether oxygens (including phenoxy) is 1. The van der Waals surface area contributed by atoms with Gasteiger partial charge in [0.25, 0.3) is 0 Å². The summed E-state index contributed by atoms with van der Waals surface area (Å²) in [7, 11) is 0. The summed E-state index contributed by atoms with van der Waals surface area (Å²) in [5.74, 6) is 1.40. The third-order valence-corrected chi connectivity index (χ3v) is 4.19. The van der Waals surface area contributed by atoms with Crippen LogP contribution in [0.15, 0.2) is 18.2 Å². The Labute approximate surface area is 103 Å². The van der Waals surface area contributed by atoms with Gasteiger partial charge in [-0.1, -0.05) is 25.1 Å². The van der Waals surface area contributed by atoms with E-state index in [1.807, 2.05) is 6.07 Å². The van der Waals surface area contributed by atoms with Crippen LogP contribution in [0.2, 0.25) is 0 Å². The van der Waals surface area contributed by atoms with E-state index in [1.54, 1.807) is 0 Å². The molecular weight excluding hydrogens is 212 g/mol. The molecule has 0 bridgehead atoms. The van der Waals surface area contributed by atoms with Crippen LogP contribution in [0.1, 0.15) is 43.7 Å². The van der Waals surface area contributed by atoms with Gasteiger partial charge in [0.1, 0.15) is 5.75 Å². The fourth-order valence-electron chi connectivity index (χ4n) is 2.99. The van der Waals surface area contributed by atoms with Crippen LogP contribution in [-0.2, 0) is 12.0 Å². The van der Waals surface area contributed by atoms with Crippen molar-refractivity contribution in [1.29, 1.82) is 0 Å². The number of rotatable bonds is 3. The maximum Gasteiger partial charge on any atom is 0.128 e. The van der Waals surface area contributed by atoms with Crippen molar-refractivity contribution in [2.45, 2.75) is 44.6 Å². The summed E-state index contributed by atoms with van der Waals surface area (Å²) in [4.78, 5) is 0. The quantitative estimate of drug-likeness (QED) is 0.868. The van der Waals surface area contributed by atoms with Crippen molar-refractivity contribution in [2.75, 3.05) is 6.61 Å². The van der Waals surface area contributed by atoms with Gasteiger partial charge in [0, 0.05) is 5.56 Å². The molecule has 1 heterocycles. The van der Waals surface area contributed by atoms with Gasteiger partial charge in [0.05, 0.1) is 12.2 Å². The molecule has 0 aromatic heterocycles. The van der Waals surface area contributed by atoms with Gasteiger partial charge in [0.15, 0.2) is 0 Å². The van der Waals surface area contributed by atoms with Gasteiger partial charge in [-0.3, -0.25) is 0 Å². The largest absolute Gasteiger partial charge is 0.493 e. The van der Waals surface area contributed by atoms with Gasteiger partial charge < -0.3 is 9.84 Å². The van der Waals surface area contributed by atoms with E-state index in [0.717, 1.165) is 50.0 Å². The third-order valence-electron chi connectivity index (χ3n) is 4.19. The molecule has 1 aromatic carbocycles. The summed E-state index contributed by atoms with van der Waals surface area (Å²) < 4.78 is 5.82. The number of hydrogen-bond acceptors (Lipinski definition) is 2. The molecule has 92 valence electrons. The average molecular weight is 232 g/mol. The number of benzene rings is 1. The van der Waals surface area contributed by atoms with Crippen LogP contribution in [0.5, 0.6) is 5.75 Å². The lowest BCUT2D eigenvalue weighted by molar-refractivity contribution is 0.00577. The smallest absolute Gasteiger partial charge is 0.128 e. The van der Waals surface area contributed by atoms with Crippen molar-refractivity contribution in [3.63, 3.8) is 0 Å². The Morgan fingerprint density at radius 2 is 2.24 bits per heavy atom. The molecule has 0 radical (unpaired) electrons. The van der Waals surface area contributed by atoms with Crippen LogP contribution >= 0.6 is 0 Å². The molecule has 0 amide bonds. The van der Waals surface area contributed by atoms with Crippen molar-refractivity contribution in [3.05, 3.63) is 29.3 Å². The van der Waals surface area contributed by atoms with E-state index in [1.165, 1.54) is 5.56 Å². The first kappa shape index (κ1) is 11.1. The molecule has 1 unspecified atom stereocenters. The minimum absolute atomic E-state index is 0.435. The van der Waals surface area contributed by atoms with Crippen LogP contribution in [0.4, 0.5) is 0 Å². The van der Waals surface area contributed by atoms with Gasteiger partial charge in [0.2, 0.25) is 0 Å². The monoisotopic (exact) mass is 232 g/mol. The average Bonchev–Trinajstić information content (AvgIpc) is 3.22. The molecule has 1 aliphatic carbocycles. The second kappa shape index (κ2) is 4.02. The molecule has 0 spiro atoms. The van der Waals surface area contributed by atoms with E-state index < -0.39 is 5.60 Å². The molecule has 2 aliphatic rings. The molecule has 1 N–H and O–H groups in total. The molecule has 1 fully saturated rings. The molecular formula is C15H20O2.